The maximum absolute atomic E-state index is 12.9. The van der Waals surface area contributed by atoms with E-state index in [-0.39, 0.29) is 49.2 Å². The molecule has 184 valence electrons. The smallest absolute Gasteiger partial charge is 0.407 e. The van der Waals surface area contributed by atoms with Gasteiger partial charge in [0.1, 0.15) is 6.61 Å². The van der Waals surface area contributed by atoms with Crippen LogP contribution in [0.2, 0.25) is 0 Å². The fourth-order valence-corrected chi connectivity index (χ4v) is 5.76. The normalized spacial score (nSPS) is 22.2. The van der Waals surface area contributed by atoms with Crippen LogP contribution in [-0.4, -0.2) is 41.3 Å². The summed E-state index contributed by atoms with van der Waals surface area (Å²) in [7, 11) is 0. The largest absolute Gasteiger partial charge is 0.481 e. The zero-order valence-electron chi connectivity index (χ0n) is 20.0. The SMILES string of the molecule is CC(CC(=O)NC1CC(CC(=O)O)C1)(NC(=O)OCC1c2ccccc2-c2ccccc21)C1CC1. The van der Waals surface area contributed by atoms with Gasteiger partial charge in [0.15, 0.2) is 0 Å². The van der Waals surface area contributed by atoms with Crippen LogP contribution in [0.15, 0.2) is 48.5 Å². The quantitative estimate of drug-likeness (QED) is 0.496. The van der Waals surface area contributed by atoms with Gasteiger partial charge < -0.3 is 20.5 Å². The zero-order chi connectivity index (χ0) is 24.6. The van der Waals surface area contributed by atoms with Crippen LogP contribution in [0.4, 0.5) is 4.79 Å². The molecule has 35 heavy (non-hydrogen) atoms. The Kier molecular flexibility index (Phi) is 6.26. The predicted octanol–water partition coefficient (Wildman–Crippen LogP) is 4.45. The minimum atomic E-state index is -0.798. The number of carbonyl (C=O) groups is 3. The Morgan fingerprint density at radius 3 is 2.17 bits per heavy atom. The highest BCUT2D eigenvalue weighted by atomic mass is 16.5. The number of hydrogen-bond acceptors (Lipinski definition) is 4. The van der Waals surface area contributed by atoms with E-state index >= 15 is 0 Å². The first-order chi connectivity index (χ1) is 16.8. The first-order valence-electron chi connectivity index (χ1n) is 12.5. The molecule has 5 rings (SSSR count). The van der Waals surface area contributed by atoms with Crippen molar-refractivity contribution < 1.29 is 24.2 Å². The van der Waals surface area contributed by atoms with Crippen molar-refractivity contribution in [1.29, 1.82) is 0 Å². The van der Waals surface area contributed by atoms with Gasteiger partial charge in [0.2, 0.25) is 5.91 Å². The van der Waals surface area contributed by atoms with Crippen LogP contribution in [0.5, 0.6) is 0 Å². The molecule has 1 atom stereocenters. The van der Waals surface area contributed by atoms with Crippen molar-refractivity contribution in [2.45, 2.75) is 62.9 Å². The van der Waals surface area contributed by atoms with E-state index in [1.807, 2.05) is 31.2 Å². The number of carboxylic acid groups (broad SMARTS) is 1. The minimum Gasteiger partial charge on any atom is -0.481 e. The van der Waals surface area contributed by atoms with Crippen LogP contribution in [0.25, 0.3) is 11.1 Å². The third-order valence-electron chi connectivity index (χ3n) is 7.80. The average Bonchev–Trinajstić information content (AvgIpc) is 3.60. The Bertz CT molecular complexity index is 1090. The van der Waals surface area contributed by atoms with Gasteiger partial charge in [0, 0.05) is 24.8 Å². The summed E-state index contributed by atoms with van der Waals surface area (Å²) in [5, 5.41) is 14.9. The molecule has 0 saturated heterocycles. The second-order valence-corrected chi connectivity index (χ2v) is 10.5. The lowest BCUT2D eigenvalue weighted by Gasteiger charge is -2.36. The fourth-order valence-electron chi connectivity index (χ4n) is 5.76. The van der Waals surface area contributed by atoms with Gasteiger partial charge in [-0.25, -0.2) is 4.79 Å². The van der Waals surface area contributed by atoms with Crippen LogP contribution in [0, 0.1) is 11.8 Å². The van der Waals surface area contributed by atoms with Crippen LogP contribution in [0.1, 0.15) is 62.5 Å². The molecule has 2 amide bonds. The number of fused-ring (bicyclic) bond motifs is 3. The summed E-state index contributed by atoms with van der Waals surface area (Å²) in [6, 6.07) is 16.4. The highest BCUT2D eigenvalue weighted by Crippen LogP contribution is 2.45. The molecule has 0 spiro atoms. The zero-order valence-corrected chi connectivity index (χ0v) is 20.0. The molecule has 2 fully saturated rings. The molecule has 0 radical (unpaired) electrons. The molecule has 7 nitrogen and oxygen atoms in total. The van der Waals surface area contributed by atoms with Crippen LogP contribution in [-0.2, 0) is 14.3 Å². The highest BCUT2D eigenvalue weighted by Gasteiger charge is 2.45. The topological polar surface area (TPSA) is 105 Å². The predicted molar refractivity (Wildman–Crippen MR) is 131 cm³/mol. The third kappa shape index (κ3) is 5.04. The van der Waals surface area contributed by atoms with E-state index in [0.717, 1.165) is 24.0 Å². The summed E-state index contributed by atoms with van der Waals surface area (Å²) >= 11 is 0. The lowest BCUT2D eigenvalue weighted by molar-refractivity contribution is -0.139. The molecule has 2 saturated carbocycles. The highest BCUT2D eigenvalue weighted by molar-refractivity contribution is 5.80. The number of aliphatic carboxylic acids is 1. The van der Waals surface area contributed by atoms with Gasteiger partial charge >= 0.3 is 12.1 Å². The maximum Gasteiger partial charge on any atom is 0.407 e. The molecular formula is C28H32N2O5. The number of carbonyl (C=O) groups excluding carboxylic acids is 2. The number of amides is 2. The van der Waals surface area contributed by atoms with Crippen LogP contribution in [0.3, 0.4) is 0 Å². The molecule has 0 aromatic heterocycles. The Hall–Kier alpha value is -3.35. The summed E-state index contributed by atoms with van der Waals surface area (Å²) in [4.78, 5) is 36.4. The van der Waals surface area contributed by atoms with E-state index < -0.39 is 17.6 Å². The number of ether oxygens (including phenoxy) is 1. The number of alkyl carbamates (subject to hydrolysis) is 1. The standard InChI is InChI=1S/C28H32N2O5/c1-28(18-10-11-18,15-25(31)29-19-12-17(13-19)14-26(32)33)30-27(34)35-16-24-22-8-4-2-6-20(22)21-7-3-5-9-23(21)24/h2-9,17-19,24H,10-16H2,1H3,(H,29,31)(H,30,34)(H,32,33). The van der Waals surface area contributed by atoms with Gasteiger partial charge in [-0.05, 0) is 66.7 Å². The van der Waals surface area contributed by atoms with E-state index in [4.69, 9.17) is 9.84 Å². The first kappa shape index (κ1) is 23.4. The van der Waals surface area contributed by atoms with Crippen molar-refractivity contribution in [2.24, 2.45) is 11.8 Å². The van der Waals surface area contributed by atoms with E-state index in [1.54, 1.807) is 0 Å². The molecule has 3 N–H and O–H groups in total. The number of nitrogens with one attached hydrogen (secondary N) is 2. The molecule has 3 aliphatic carbocycles. The van der Waals surface area contributed by atoms with Gasteiger partial charge in [-0.1, -0.05) is 48.5 Å². The van der Waals surface area contributed by atoms with E-state index in [2.05, 4.69) is 34.9 Å². The summed E-state index contributed by atoms with van der Waals surface area (Å²) in [5.41, 5.74) is 4.01. The number of carboxylic acids is 1. The molecule has 0 bridgehead atoms. The Labute approximate surface area is 205 Å². The number of benzene rings is 2. The van der Waals surface area contributed by atoms with Gasteiger partial charge in [-0.2, -0.15) is 0 Å². The molecular weight excluding hydrogens is 444 g/mol. The molecule has 7 heteroatoms. The van der Waals surface area contributed by atoms with Crippen LogP contribution >= 0.6 is 0 Å². The molecule has 1 unspecified atom stereocenters. The van der Waals surface area contributed by atoms with Crippen molar-refractivity contribution in [3.63, 3.8) is 0 Å². The Morgan fingerprint density at radius 1 is 1.00 bits per heavy atom. The second kappa shape index (κ2) is 9.36. The third-order valence-corrected chi connectivity index (χ3v) is 7.80. The molecule has 0 aliphatic heterocycles. The van der Waals surface area contributed by atoms with Gasteiger partial charge in [-0.3, -0.25) is 9.59 Å². The Balaban J connectivity index is 1.16. The average molecular weight is 477 g/mol. The van der Waals surface area contributed by atoms with E-state index in [9.17, 15) is 14.4 Å². The van der Waals surface area contributed by atoms with Gasteiger partial charge in [-0.15, -0.1) is 0 Å². The van der Waals surface area contributed by atoms with Crippen LogP contribution < -0.4 is 10.6 Å². The van der Waals surface area contributed by atoms with Gasteiger partial charge in [0.05, 0.1) is 5.54 Å². The number of rotatable bonds is 9. The lowest BCUT2D eigenvalue weighted by Crippen LogP contribution is -2.53. The summed E-state index contributed by atoms with van der Waals surface area (Å²) in [5.74, 6) is -0.548. The van der Waals surface area contributed by atoms with Gasteiger partial charge in [0.25, 0.3) is 0 Å². The summed E-state index contributed by atoms with van der Waals surface area (Å²) in [6.45, 7) is 2.15. The van der Waals surface area contributed by atoms with Crippen molar-refractivity contribution in [2.75, 3.05) is 6.61 Å². The van der Waals surface area contributed by atoms with Crippen molar-refractivity contribution in [3.05, 3.63) is 59.7 Å². The molecule has 2 aromatic rings. The van der Waals surface area contributed by atoms with Crippen molar-refractivity contribution >= 4 is 18.0 Å². The molecule has 2 aromatic carbocycles. The van der Waals surface area contributed by atoms with E-state index in [0.29, 0.717) is 12.8 Å². The second-order valence-electron chi connectivity index (χ2n) is 10.5. The lowest BCUT2D eigenvalue weighted by atomic mass is 9.78. The molecule has 0 heterocycles. The number of hydrogen-bond donors (Lipinski definition) is 3. The summed E-state index contributed by atoms with van der Waals surface area (Å²) in [6.07, 6.45) is 3.15. The minimum absolute atomic E-state index is 0.0130. The van der Waals surface area contributed by atoms with Crippen molar-refractivity contribution in [1.82, 2.24) is 10.6 Å². The van der Waals surface area contributed by atoms with E-state index in [1.165, 1.54) is 11.1 Å². The Morgan fingerprint density at radius 2 is 1.60 bits per heavy atom. The first-order valence-corrected chi connectivity index (χ1v) is 12.5. The van der Waals surface area contributed by atoms with Crippen molar-refractivity contribution in [3.8, 4) is 11.1 Å². The monoisotopic (exact) mass is 476 g/mol. The maximum atomic E-state index is 12.9. The fraction of sp³-hybridized carbons (Fsp3) is 0.464. The summed E-state index contributed by atoms with van der Waals surface area (Å²) < 4.78 is 5.72. The molecule has 3 aliphatic rings.